The first kappa shape index (κ1) is 11.3. The summed E-state index contributed by atoms with van der Waals surface area (Å²) in [5, 5.41) is 12.9. The number of likely N-dealkylation sites (N-methyl/N-ethyl adjacent to an activating group) is 1. The SMILES string of the molecule is CNCC(=O)c1cccc([N+](=O)[O-])c1F. The fourth-order valence-electron chi connectivity index (χ4n) is 1.13. The molecule has 1 N–H and O–H groups in total. The van der Waals surface area contributed by atoms with Crippen molar-refractivity contribution < 1.29 is 14.1 Å². The van der Waals surface area contributed by atoms with Gasteiger partial charge in [0.25, 0.3) is 0 Å². The lowest BCUT2D eigenvalue weighted by molar-refractivity contribution is -0.387. The Bertz CT molecular complexity index is 406. The number of carbonyl (C=O) groups is 1. The molecule has 0 fully saturated rings. The molecule has 0 unspecified atom stereocenters. The summed E-state index contributed by atoms with van der Waals surface area (Å²) >= 11 is 0. The van der Waals surface area contributed by atoms with Crippen molar-refractivity contribution in [2.45, 2.75) is 0 Å². The van der Waals surface area contributed by atoms with Crippen molar-refractivity contribution in [2.75, 3.05) is 13.6 Å². The molecular formula is C9H9FN2O3. The van der Waals surface area contributed by atoms with E-state index >= 15 is 0 Å². The highest BCUT2D eigenvalue weighted by Gasteiger charge is 2.20. The normalized spacial score (nSPS) is 10.0. The van der Waals surface area contributed by atoms with E-state index in [2.05, 4.69) is 5.32 Å². The number of Topliss-reactive ketones (excluding diaryl/α,β-unsaturated/α-hetero) is 1. The van der Waals surface area contributed by atoms with Gasteiger partial charge in [-0.1, -0.05) is 6.07 Å². The summed E-state index contributed by atoms with van der Waals surface area (Å²) in [6, 6.07) is 3.53. The van der Waals surface area contributed by atoms with Crippen molar-refractivity contribution >= 4 is 11.5 Å². The van der Waals surface area contributed by atoms with E-state index in [0.717, 1.165) is 6.07 Å². The molecule has 1 aromatic carbocycles. The smallest absolute Gasteiger partial charge is 0.305 e. The lowest BCUT2D eigenvalue weighted by atomic mass is 10.1. The maximum atomic E-state index is 13.4. The second-order valence-electron chi connectivity index (χ2n) is 2.85. The molecule has 0 spiro atoms. The molecule has 0 atom stereocenters. The van der Waals surface area contributed by atoms with Crippen LogP contribution in [0.2, 0.25) is 0 Å². The van der Waals surface area contributed by atoms with Gasteiger partial charge >= 0.3 is 5.69 Å². The minimum atomic E-state index is -1.08. The summed E-state index contributed by atoms with van der Waals surface area (Å²) in [6.07, 6.45) is 0. The Balaban J connectivity index is 3.15. The van der Waals surface area contributed by atoms with E-state index in [-0.39, 0.29) is 12.1 Å². The largest absolute Gasteiger partial charge is 0.313 e. The number of nitrogens with zero attached hydrogens (tertiary/aromatic N) is 1. The van der Waals surface area contributed by atoms with Crippen molar-refractivity contribution in [1.82, 2.24) is 5.32 Å². The second kappa shape index (κ2) is 4.61. The molecule has 0 aliphatic rings. The number of nitro benzene ring substituents is 1. The van der Waals surface area contributed by atoms with Gasteiger partial charge in [0.1, 0.15) is 0 Å². The average Bonchev–Trinajstić information content (AvgIpc) is 2.17. The Morgan fingerprint density at radius 1 is 1.60 bits per heavy atom. The van der Waals surface area contributed by atoms with Crippen LogP contribution >= 0.6 is 0 Å². The minimum Gasteiger partial charge on any atom is -0.313 e. The van der Waals surface area contributed by atoms with Crippen LogP contribution in [0.15, 0.2) is 18.2 Å². The molecule has 1 rings (SSSR count). The van der Waals surface area contributed by atoms with Crippen LogP contribution in [0, 0.1) is 15.9 Å². The third-order valence-corrected chi connectivity index (χ3v) is 1.81. The molecule has 0 saturated heterocycles. The van der Waals surface area contributed by atoms with Crippen LogP contribution < -0.4 is 5.32 Å². The highest BCUT2D eigenvalue weighted by Crippen LogP contribution is 2.20. The minimum absolute atomic E-state index is 0.0575. The topological polar surface area (TPSA) is 72.2 Å². The molecule has 6 heteroatoms. The maximum absolute atomic E-state index is 13.4. The van der Waals surface area contributed by atoms with Crippen LogP contribution in [0.1, 0.15) is 10.4 Å². The second-order valence-corrected chi connectivity index (χ2v) is 2.85. The van der Waals surface area contributed by atoms with Crippen LogP contribution in [-0.4, -0.2) is 24.3 Å². The summed E-state index contributed by atoms with van der Waals surface area (Å²) in [5.74, 6) is -1.60. The molecule has 1 aromatic rings. The van der Waals surface area contributed by atoms with Crippen molar-refractivity contribution in [3.05, 3.63) is 39.7 Å². The monoisotopic (exact) mass is 212 g/mol. The Morgan fingerprint density at radius 2 is 2.27 bits per heavy atom. The summed E-state index contributed by atoms with van der Waals surface area (Å²) in [5.41, 5.74) is -0.949. The molecule has 80 valence electrons. The molecule has 0 amide bonds. The van der Waals surface area contributed by atoms with Gasteiger partial charge in [-0.2, -0.15) is 4.39 Å². The molecule has 0 aromatic heterocycles. The maximum Gasteiger partial charge on any atom is 0.305 e. The molecule has 0 heterocycles. The number of hydrogen-bond donors (Lipinski definition) is 1. The number of nitrogens with one attached hydrogen (secondary N) is 1. The predicted molar refractivity (Wildman–Crippen MR) is 51.3 cm³/mol. The summed E-state index contributed by atoms with van der Waals surface area (Å²) < 4.78 is 13.4. The predicted octanol–water partition coefficient (Wildman–Crippen LogP) is 1.14. The zero-order valence-electron chi connectivity index (χ0n) is 7.99. The van der Waals surface area contributed by atoms with Crippen LogP contribution in [-0.2, 0) is 0 Å². The van der Waals surface area contributed by atoms with E-state index in [1.165, 1.54) is 19.2 Å². The lowest BCUT2D eigenvalue weighted by Crippen LogP contribution is -2.19. The van der Waals surface area contributed by atoms with Gasteiger partial charge in [-0.15, -0.1) is 0 Å². The van der Waals surface area contributed by atoms with Gasteiger partial charge in [0, 0.05) is 6.07 Å². The number of nitro groups is 1. The van der Waals surface area contributed by atoms with Gasteiger partial charge in [0.15, 0.2) is 5.78 Å². The third kappa shape index (κ3) is 2.35. The zero-order chi connectivity index (χ0) is 11.4. The number of rotatable bonds is 4. The Labute approximate surface area is 85.1 Å². The van der Waals surface area contributed by atoms with Crippen molar-refractivity contribution in [3.8, 4) is 0 Å². The van der Waals surface area contributed by atoms with Crippen molar-refractivity contribution in [1.29, 1.82) is 0 Å². The number of carbonyl (C=O) groups excluding carboxylic acids is 1. The van der Waals surface area contributed by atoms with Gasteiger partial charge < -0.3 is 5.32 Å². The molecule has 5 nitrogen and oxygen atoms in total. The highest BCUT2D eigenvalue weighted by molar-refractivity contribution is 5.98. The standard InChI is InChI=1S/C9H9FN2O3/c1-11-5-8(13)6-3-2-4-7(9(6)10)12(14)15/h2-4,11H,5H2,1H3. The van der Waals surface area contributed by atoms with E-state index in [0.29, 0.717) is 0 Å². The molecule has 0 aliphatic carbocycles. The molecule has 15 heavy (non-hydrogen) atoms. The molecule has 0 bridgehead atoms. The quantitative estimate of drug-likeness (QED) is 0.461. The first-order chi connectivity index (χ1) is 7.07. The van der Waals surface area contributed by atoms with E-state index in [1.54, 1.807) is 0 Å². The van der Waals surface area contributed by atoms with Gasteiger partial charge in [-0.05, 0) is 13.1 Å². The fraction of sp³-hybridized carbons (Fsp3) is 0.222. The molecule has 0 saturated carbocycles. The van der Waals surface area contributed by atoms with Crippen LogP contribution in [0.25, 0.3) is 0 Å². The van der Waals surface area contributed by atoms with Gasteiger partial charge in [0.05, 0.1) is 17.0 Å². The van der Waals surface area contributed by atoms with Crippen molar-refractivity contribution in [2.24, 2.45) is 0 Å². The van der Waals surface area contributed by atoms with E-state index < -0.39 is 22.2 Å². The zero-order valence-corrected chi connectivity index (χ0v) is 7.99. The van der Waals surface area contributed by atoms with E-state index in [4.69, 9.17) is 0 Å². The average molecular weight is 212 g/mol. The van der Waals surface area contributed by atoms with Gasteiger partial charge in [-0.25, -0.2) is 0 Å². The Morgan fingerprint density at radius 3 is 2.80 bits per heavy atom. The lowest BCUT2D eigenvalue weighted by Gasteiger charge is -2.01. The molecule has 0 radical (unpaired) electrons. The number of benzene rings is 1. The van der Waals surface area contributed by atoms with Crippen molar-refractivity contribution in [3.63, 3.8) is 0 Å². The Hall–Kier alpha value is -1.82. The van der Waals surface area contributed by atoms with E-state index in [9.17, 15) is 19.3 Å². The number of hydrogen-bond acceptors (Lipinski definition) is 4. The summed E-state index contributed by atoms with van der Waals surface area (Å²) in [7, 11) is 1.53. The summed E-state index contributed by atoms with van der Waals surface area (Å²) in [6.45, 7) is -0.0575. The number of halogens is 1. The third-order valence-electron chi connectivity index (χ3n) is 1.81. The number of ketones is 1. The fourth-order valence-corrected chi connectivity index (χ4v) is 1.13. The van der Waals surface area contributed by atoms with Gasteiger partial charge in [-0.3, -0.25) is 14.9 Å². The molecular weight excluding hydrogens is 203 g/mol. The highest BCUT2D eigenvalue weighted by atomic mass is 19.1. The van der Waals surface area contributed by atoms with Crippen LogP contribution in [0.5, 0.6) is 0 Å². The summed E-state index contributed by atoms with van der Waals surface area (Å²) in [4.78, 5) is 20.9. The first-order valence-electron chi connectivity index (χ1n) is 4.18. The Kier molecular flexibility index (Phi) is 3.46. The van der Waals surface area contributed by atoms with E-state index in [1.807, 2.05) is 0 Å². The van der Waals surface area contributed by atoms with Gasteiger partial charge in [0.2, 0.25) is 5.82 Å². The van der Waals surface area contributed by atoms with Crippen LogP contribution in [0.4, 0.5) is 10.1 Å². The first-order valence-corrected chi connectivity index (χ1v) is 4.18. The molecule has 0 aliphatic heterocycles. The van der Waals surface area contributed by atoms with Crippen LogP contribution in [0.3, 0.4) is 0 Å².